The Balaban J connectivity index is 2.21. The molecule has 0 spiro atoms. The second kappa shape index (κ2) is 6.27. The van der Waals surface area contributed by atoms with E-state index in [0.29, 0.717) is 12.2 Å². The summed E-state index contributed by atoms with van der Waals surface area (Å²) in [5, 5.41) is 2.56. The fraction of sp³-hybridized carbons (Fsp3) is 0.273. The van der Waals surface area contributed by atoms with E-state index in [2.05, 4.69) is 20.1 Å². The van der Waals surface area contributed by atoms with Crippen LogP contribution in [0, 0.1) is 0 Å². The molecule has 0 amide bonds. The van der Waals surface area contributed by atoms with Crippen LogP contribution in [0.15, 0.2) is 34.8 Å². The van der Waals surface area contributed by atoms with Crippen molar-refractivity contribution < 1.29 is 8.42 Å². The minimum Gasteiger partial charge on any atom is -0.308 e. The highest BCUT2D eigenvalue weighted by Crippen LogP contribution is 2.21. The predicted molar refractivity (Wildman–Crippen MR) is 77.5 cm³/mol. The molecule has 0 aromatic carbocycles. The summed E-state index contributed by atoms with van der Waals surface area (Å²) in [6, 6.07) is 2.60. The van der Waals surface area contributed by atoms with Gasteiger partial charge in [-0.2, -0.15) is 0 Å². The van der Waals surface area contributed by atoms with E-state index in [9.17, 15) is 8.42 Å². The van der Waals surface area contributed by atoms with Crippen LogP contribution in [0.4, 0.5) is 5.82 Å². The van der Waals surface area contributed by atoms with Crippen LogP contribution in [0.5, 0.6) is 0 Å². The van der Waals surface area contributed by atoms with Gasteiger partial charge < -0.3 is 5.43 Å². The summed E-state index contributed by atoms with van der Waals surface area (Å²) in [5.41, 5.74) is 2.35. The standard InChI is InChI=1S/C11H15N5O2S2/c1-2-9(11-13-5-6-19-11)16-20(17,18)8-3-4-10(15-12)14-7-8/h3-7,9,16H,2,12H2,1H3,(H,14,15). The van der Waals surface area contributed by atoms with Gasteiger partial charge in [-0.25, -0.2) is 29.0 Å². The molecule has 4 N–H and O–H groups in total. The van der Waals surface area contributed by atoms with Crippen molar-refractivity contribution in [3.8, 4) is 0 Å². The number of aromatic nitrogens is 2. The maximum atomic E-state index is 12.3. The molecule has 0 radical (unpaired) electrons. The van der Waals surface area contributed by atoms with E-state index in [4.69, 9.17) is 5.84 Å². The number of anilines is 1. The van der Waals surface area contributed by atoms with Gasteiger partial charge in [-0.3, -0.25) is 0 Å². The quantitative estimate of drug-likeness (QED) is 0.547. The number of rotatable bonds is 6. The fourth-order valence-corrected chi connectivity index (χ4v) is 3.67. The highest BCUT2D eigenvalue weighted by Gasteiger charge is 2.22. The molecule has 0 fully saturated rings. The van der Waals surface area contributed by atoms with Crippen LogP contribution in [-0.4, -0.2) is 18.4 Å². The van der Waals surface area contributed by atoms with Gasteiger partial charge in [-0.15, -0.1) is 11.3 Å². The highest BCUT2D eigenvalue weighted by molar-refractivity contribution is 7.89. The Morgan fingerprint density at radius 3 is 2.70 bits per heavy atom. The Kier molecular flexibility index (Phi) is 4.65. The molecule has 108 valence electrons. The van der Waals surface area contributed by atoms with Crippen molar-refractivity contribution in [1.29, 1.82) is 0 Å². The van der Waals surface area contributed by atoms with Crippen LogP contribution in [-0.2, 0) is 10.0 Å². The van der Waals surface area contributed by atoms with Gasteiger partial charge >= 0.3 is 0 Å². The van der Waals surface area contributed by atoms with Gasteiger partial charge in [0.25, 0.3) is 0 Å². The molecule has 2 aromatic rings. The summed E-state index contributed by atoms with van der Waals surface area (Å²) in [7, 11) is -3.64. The predicted octanol–water partition coefficient (Wildman–Crippen LogP) is 1.25. The number of sulfonamides is 1. The Bertz CT molecular complexity index is 640. The molecule has 1 atom stereocenters. The zero-order chi connectivity index (χ0) is 14.6. The zero-order valence-electron chi connectivity index (χ0n) is 10.8. The summed E-state index contributed by atoms with van der Waals surface area (Å²) in [6.07, 6.45) is 3.52. The molecule has 0 aliphatic carbocycles. The van der Waals surface area contributed by atoms with E-state index >= 15 is 0 Å². The summed E-state index contributed by atoms with van der Waals surface area (Å²) >= 11 is 1.42. The van der Waals surface area contributed by atoms with Crippen LogP contribution in [0.1, 0.15) is 24.4 Å². The molecule has 2 heterocycles. The normalized spacial score (nSPS) is 13.1. The summed E-state index contributed by atoms with van der Waals surface area (Å²) in [5.74, 6) is 5.59. The number of hydrazine groups is 1. The molecule has 9 heteroatoms. The van der Waals surface area contributed by atoms with Crippen LogP contribution < -0.4 is 16.0 Å². The van der Waals surface area contributed by atoms with Gasteiger partial charge in [-0.05, 0) is 18.6 Å². The van der Waals surface area contributed by atoms with Crippen LogP contribution in [0.25, 0.3) is 0 Å². The molecule has 0 aliphatic heterocycles. The molecule has 20 heavy (non-hydrogen) atoms. The summed E-state index contributed by atoms with van der Waals surface area (Å²) < 4.78 is 27.2. The molecule has 0 saturated heterocycles. The number of nitrogens with two attached hydrogens (primary N) is 1. The van der Waals surface area contributed by atoms with Crippen molar-refractivity contribution in [1.82, 2.24) is 14.7 Å². The van der Waals surface area contributed by atoms with Crippen molar-refractivity contribution >= 4 is 27.2 Å². The lowest BCUT2D eigenvalue weighted by Crippen LogP contribution is -2.28. The first-order valence-corrected chi connectivity index (χ1v) is 8.27. The number of nitrogens with one attached hydrogen (secondary N) is 2. The number of thiazole rings is 1. The van der Waals surface area contributed by atoms with Crippen molar-refractivity contribution in [2.75, 3.05) is 5.43 Å². The fourth-order valence-electron chi connectivity index (χ4n) is 1.59. The van der Waals surface area contributed by atoms with Gasteiger partial charge in [0.15, 0.2) is 0 Å². The Hall–Kier alpha value is -1.55. The average molecular weight is 313 g/mol. The van der Waals surface area contributed by atoms with E-state index in [1.54, 1.807) is 6.20 Å². The monoisotopic (exact) mass is 313 g/mol. The Morgan fingerprint density at radius 1 is 1.40 bits per heavy atom. The molecular weight excluding hydrogens is 298 g/mol. The molecule has 0 aliphatic rings. The molecule has 2 aromatic heterocycles. The van der Waals surface area contributed by atoms with Crippen molar-refractivity contribution in [3.05, 3.63) is 34.9 Å². The van der Waals surface area contributed by atoms with E-state index in [1.807, 2.05) is 12.3 Å². The van der Waals surface area contributed by atoms with Gasteiger partial charge in [0, 0.05) is 17.8 Å². The lowest BCUT2D eigenvalue weighted by Gasteiger charge is -2.14. The number of nitrogen functional groups attached to an aromatic ring is 1. The minimum atomic E-state index is -3.64. The van der Waals surface area contributed by atoms with Crippen LogP contribution in [0.3, 0.4) is 0 Å². The number of hydrogen-bond acceptors (Lipinski definition) is 7. The third kappa shape index (κ3) is 3.31. The third-order valence-electron chi connectivity index (χ3n) is 2.65. The number of pyridine rings is 1. The van der Waals surface area contributed by atoms with Crippen molar-refractivity contribution in [2.24, 2.45) is 5.84 Å². The summed E-state index contributed by atoms with van der Waals surface area (Å²) in [4.78, 5) is 8.12. The van der Waals surface area contributed by atoms with E-state index in [-0.39, 0.29) is 10.9 Å². The zero-order valence-corrected chi connectivity index (χ0v) is 12.4. The minimum absolute atomic E-state index is 0.0894. The number of nitrogens with zero attached hydrogens (tertiary/aromatic N) is 2. The van der Waals surface area contributed by atoms with Crippen molar-refractivity contribution in [2.45, 2.75) is 24.3 Å². The number of hydrogen-bond donors (Lipinski definition) is 3. The highest BCUT2D eigenvalue weighted by atomic mass is 32.2. The second-order valence-electron chi connectivity index (χ2n) is 3.98. The SMILES string of the molecule is CCC(NS(=O)(=O)c1ccc(NN)nc1)c1nccs1. The van der Waals surface area contributed by atoms with E-state index in [0.717, 1.165) is 5.01 Å². The molecule has 7 nitrogen and oxygen atoms in total. The van der Waals surface area contributed by atoms with Gasteiger partial charge in [0.2, 0.25) is 10.0 Å². The first-order chi connectivity index (χ1) is 9.56. The summed E-state index contributed by atoms with van der Waals surface area (Å²) in [6.45, 7) is 1.90. The third-order valence-corrected chi connectivity index (χ3v) is 5.00. The first-order valence-electron chi connectivity index (χ1n) is 5.91. The van der Waals surface area contributed by atoms with Crippen LogP contribution in [0.2, 0.25) is 0 Å². The smallest absolute Gasteiger partial charge is 0.242 e. The van der Waals surface area contributed by atoms with Gasteiger partial charge in [0.05, 0.1) is 6.04 Å². The maximum Gasteiger partial charge on any atom is 0.242 e. The molecule has 2 rings (SSSR count). The first kappa shape index (κ1) is 14.9. The maximum absolute atomic E-state index is 12.3. The Labute approximate surface area is 121 Å². The topological polar surface area (TPSA) is 110 Å². The molecular formula is C11H15N5O2S2. The van der Waals surface area contributed by atoms with Gasteiger partial charge in [-0.1, -0.05) is 6.92 Å². The lowest BCUT2D eigenvalue weighted by atomic mass is 10.3. The Morgan fingerprint density at radius 2 is 2.20 bits per heavy atom. The van der Waals surface area contributed by atoms with Crippen LogP contribution >= 0.6 is 11.3 Å². The van der Waals surface area contributed by atoms with Crippen molar-refractivity contribution in [3.63, 3.8) is 0 Å². The molecule has 1 unspecified atom stereocenters. The molecule has 0 saturated carbocycles. The largest absolute Gasteiger partial charge is 0.308 e. The molecule has 0 bridgehead atoms. The van der Waals surface area contributed by atoms with E-state index < -0.39 is 10.0 Å². The van der Waals surface area contributed by atoms with E-state index in [1.165, 1.54) is 29.7 Å². The lowest BCUT2D eigenvalue weighted by molar-refractivity contribution is 0.548. The average Bonchev–Trinajstić information content (AvgIpc) is 2.99. The van der Waals surface area contributed by atoms with Gasteiger partial charge in [0.1, 0.15) is 15.7 Å². The second-order valence-corrected chi connectivity index (χ2v) is 6.62.